The molecule has 0 radical (unpaired) electrons. The summed E-state index contributed by atoms with van der Waals surface area (Å²) in [7, 11) is 0. The maximum Gasteiger partial charge on any atom is 0.244 e. The second-order valence-electron chi connectivity index (χ2n) is 8.24. The Morgan fingerprint density at radius 3 is 2.52 bits per heavy atom. The van der Waals surface area contributed by atoms with Crippen molar-refractivity contribution in [3.05, 3.63) is 60.2 Å². The molecule has 0 bridgehead atoms. The van der Waals surface area contributed by atoms with Crippen LogP contribution in [0.5, 0.6) is 5.75 Å². The van der Waals surface area contributed by atoms with Gasteiger partial charge in [0.05, 0.1) is 12.2 Å². The highest BCUT2D eigenvalue weighted by Gasteiger charge is 2.17. The zero-order valence-corrected chi connectivity index (χ0v) is 18.9. The number of aryl methyl sites for hydroxylation is 1. The van der Waals surface area contributed by atoms with Crippen molar-refractivity contribution in [1.29, 1.82) is 0 Å². The molecular weight excluding hydrogens is 386 g/mol. The Bertz CT molecular complexity index is 847. The Hall–Kier alpha value is -2.82. The monoisotopic (exact) mass is 421 g/mol. The van der Waals surface area contributed by atoms with E-state index in [2.05, 4.69) is 52.4 Å². The average molecular weight is 422 g/mol. The molecule has 0 N–H and O–H groups in total. The van der Waals surface area contributed by atoms with E-state index in [0.717, 1.165) is 62.5 Å². The molecule has 0 spiro atoms. The van der Waals surface area contributed by atoms with Gasteiger partial charge in [0.1, 0.15) is 18.9 Å². The lowest BCUT2D eigenvalue weighted by molar-refractivity contribution is -0.130. The standard InChI is InChI=1S/C26H35N3O2/c1-22(2)27-21-26(30)29-17-9-8-16-28(18-10-13-23-11-4-3-5-12-23)24-14-6-7-15-25(24)31-20-19-29/h3-7,11-12,14-15H,8-10,13,16-21H2,1-2H3. The van der Waals surface area contributed by atoms with Crippen molar-refractivity contribution >= 4 is 17.3 Å². The van der Waals surface area contributed by atoms with Crippen molar-refractivity contribution < 1.29 is 9.53 Å². The van der Waals surface area contributed by atoms with Gasteiger partial charge in [-0.15, -0.1) is 0 Å². The van der Waals surface area contributed by atoms with Crippen molar-refractivity contribution in [2.24, 2.45) is 4.99 Å². The third-order valence-corrected chi connectivity index (χ3v) is 5.55. The number of hydrogen-bond acceptors (Lipinski definition) is 4. The molecule has 0 fully saturated rings. The Morgan fingerprint density at radius 2 is 1.71 bits per heavy atom. The second kappa shape index (κ2) is 12.1. The molecule has 1 aliphatic rings. The van der Waals surface area contributed by atoms with Crippen LogP contribution in [-0.2, 0) is 11.2 Å². The Kier molecular flexibility index (Phi) is 8.95. The highest BCUT2D eigenvalue weighted by molar-refractivity contribution is 5.84. The van der Waals surface area contributed by atoms with Crippen LogP contribution in [0, 0.1) is 0 Å². The first-order valence-corrected chi connectivity index (χ1v) is 11.4. The molecule has 0 aromatic heterocycles. The van der Waals surface area contributed by atoms with Crippen LogP contribution in [0.1, 0.15) is 38.7 Å². The fourth-order valence-corrected chi connectivity index (χ4v) is 3.87. The first kappa shape index (κ1) is 22.9. The summed E-state index contributed by atoms with van der Waals surface area (Å²) in [4.78, 5) is 21.2. The molecule has 166 valence electrons. The van der Waals surface area contributed by atoms with Gasteiger partial charge in [-0.3, -0.25) is 9.79 Å². The van der Waals surface area contributed by atoms with Gasteiger partial charge in [0.2, 0.25) is 5.91 Å². The van der Waals surface area contributed by atoms with Crippen LogP contribution in [0.3, 0.4) is 0 Å². The van der Waals surface area contributed by atoms with Crippen LogP contribution in [0.15, 0.2) is 59.6 Å². The number of carbonyl (C=O) groups is 1. The lowest BCUT2D eigenvalue weighted by Crippen LogP contribution is -2.37. The minimum Gasteiger partial charge on any atom is -0.490 e. The summed E-state index contributed by atoms with van der Waals surface area (Å²) < 4.78 is 6.15. The van der Waals surface area contributed by atoms with Crippen LogP contribution in [-0.4, -0.2) is 55.8 Å². The summed E-state index contributed by atoms with van der Waals surface area (Å²) in [5.41, 5.74) is 3.47. The van der Waals surface area contributed by atoms with Crippen LogP contribution >= 0.6 is 0 Å². The number of amides is 1. The molecule has 1 aliphatic heterocycles. The quantitative estimate of drug-likeness (QED) is 0.640. The van der Waals surface area contributed by atoms with E-state index in [1.165, 1.54) is 5.56 Å². The molecule has 5 nitrogen and oxygen atoms in total. The van der Waals surface area contributed by atoms with Gasteiger partial charge in [0.15, 0.2) is 0 Å². The van der Waals surface area contributed by atoms with Gasteiger partial charge >= 0.3 is 0 Å². The lowest BCUT2D eigenvalue weighted by Gasteiger charge is -2.26. The molecule has 0 aliphatic carbocycles. The van der Waals surface area contributed by atoms with Crippen molar-refractivity contribution in [2.75, 3.05) is 44.2 Å². The third-order valence-electron chi connectivity index (χ3n) is 5.55. The van der Waals surface area contributed by atoms with Gasteiger partial charge in [0, 0.05) is 25.3 Å². The number of benzene rings is 2. The maximum absolute atomic E-state index is 12.6. The van der Waals surface area contributed by atoms with Crippen molar-refractivity contribution in [2.45, 2.75) is 39.5 Å². The van der Waals surface area contributed by atoms with E-state index >= 15 is 0 Å². The third kappa shape index (κ3) is 7.42. The van der Waals surface area contributed by atoms with Gasteiger partial charge in [-0.05, 0) is 57.2 Å². The number of hydrogen-bond donors (Lipinski definition) is 0. The zero-order valence-electron chi connectivity index (χ0n) is 18.9. The van der Waals surface area contributed by atoms with E-state index in [9.17, 15) is 4.79 Å². The predicted molar refractivity (Wildman–Crippen MR) is 128 cm³/mol. The number of para-hydroxylation sites is 2. The van der Waals surface area contributed by atoms with Crippen molar-refractivity contribution in [3.63, 3.8) is 0 Å². The van der Waals surface area contributed by atoms with E-state index < -0.39 is 0 Å². The maximum atomic E-state index is 12.6. The van der Waals surface area contributed by atoms with E-state index in [4.69, 9.17) is 4.74 Å². The number of nitrogens with zero attached hydrogens (tertiary/aromatic N) is 3. The Morgan fingerprint density at radius 1 is 0.968 bits per heavy atom. The van der Waals surface area contributed by atoms with Gasteiger partial charge in [-0.25, -0.2) is 0 Å². The van der Waals surface area contributed by atoms with Crippen LogP contribution in [0.25, 0.3) is 0 Å². The summed E-state index contributed by atoms with van der Waals surface area (Å²) in [5.74, 6) is 0.982. The summed E-state index contributed by atoms with van der Waals surface area (Å²) in [6.07, 6.45) is 4.19. The normalized spacial score (nSPS) is 14.8. The molecule has 0 saturated heterocycles. The van der Waals surface area contributed by atoms with Crippen molar-refractivity contribution in [3.8, 4) is 5.75 Å². The molecule has 0 unspecified atom stereocenters. The van der Waals surface area contributed by atoms with Crippen LogP contribution in [0.2, 0.25) is 0 Å². The van der Waals surface area contributed by atoms with E-state index in [-0.39, 0.29) is 12.5 Å². The van der Waals surface area contributed by atoms with Crippen LogP contribution in [0.4, 0.5) is 5.69 Å². The molecular formula is C26H35N3O2. The minimum absolute atomic E-state index is 0.0806. The zero-order chi connectivity index (χ0) is 21.9. The topological polar surface area (TPSA) is 45.1 Å². The Labute approximate surface area is 186 Å². The smallest absolute Gasteiger partial charge is 0.244 e. The summed E-state index contributed by atoms with van der Waals surface area (Å²) >= 11 is 0. The van der Waals surface area contributed by atoms with Gasteiger partial charge in [0.25, 0.3) is 0 Å². The molecule has 5 heteroatoms. The second-order valence-corrected chi connectivity index (χ2v) is 8.24. The molecule has 2 aromatic carbocycles. The summed E-state index contributed by atoms with van der Waals surface area (Å²) in [6.45, 7) is 7.87. The highest BCUT2D eigenvalue weighted by Crippen LogP contribution is 2.29. The fourth-order valence-electron chi connectivity index (χ4n) is 3.87. The summed E-state index contributed by atoms with van der Waals surface area (Å²) in [5, 5.41) is 0. The number of anilines is 1. The first-order valence-electron chi connectivity index (χ1n) is 11.4. The molecule has 31 heavy (non-hydrogen) atoms. The first-order chi connectivity index (χ1) is 15.1. The van der Waals surface area contributed by atoms with Gasteiger partial charge in [-0.1, -0.05) is 42.5 Å². The van der Waals surface area contributed by atoms with E-state index in [0.29, 0.717) is 13.2 Å². The molecule has 1 amide bonds. The average Bonchev–Trinajstić information content (AvgIpc) is 2.82. The highest BCUT2D eigenvalue weighted by atomic mass is 16.5. The van der Waals surface area contributed by atoms with Crippen LogP contribution < -0.4 is 9.64 Å². The molecule has 1 heterocycles. The predicted octanol–water partition coefficient (Wildman–Crippen LogP) is 4.61. The number of aliphatic imine (C=N–C) groups is 1. The fraction of sp³-hybridized carbons (Fsp3) is 0.462. The lowest BCUT2D eigenvalue weighted by atomic mass is 10.1. The summed E-state index contributed by atoms with van der Waals surface area (Å²) in [6, 6.07) is 18.9. The SMILES string of the molecule is CC(C)=NCC(=O)N1CCCCN(CCCc2ccccc2)c2ccccc2OCC1. The molecule has 0 saturated carbocycles. The van der Waals surface area contributed by atoms with Gasteiger partial charge < -0.3 is 14.5 Å². The van der Waals surface area contributed by atoms with E-state index in [1.807, 2.05) is 30.9 Å². The van der Waals surface area contributed by atoms with E-state index in [1.54, 1.807) is 0 Å². The number of ether oxygens (including phenoxy) is 1. The molecule has 0 atom stereocenters. The molecule has 2 aromatic rings. The number of fused-ring (bicyclic) bond motifs is 1. The Balaban J connectivity index is 1.65. The number of carbonyl (C=O) groups excluding carboxylic acids is 1. The van der Waals surface area contributed by atoms with Gasteiger partial charge in [-0.2, -0.15) is 0 Å². The minimum atomic E-state index is 0.0806. The molecule has 3 rings (SSSR count). The number of rotatable bonds is 6. The largest absolute Gasteiger partial charge is 0.490 e. The van der Waals surface area contributed by atoms with Crippen molar-refractivity contribution in [1.82, 2.24) is 4.90 Å².